The van der Waals surface area contributed by atoms with Crippen molar-refractivity contribution in [3.8, 4) is 17.5 Å². The summed E-state index contributed by atoms with van der Waals surface area (Å²) >= 11 is 0. The smallest absolute Gasteiger partial charge is 0.264 e. The highest BCUT2D eigenvalue weighted by Gasteiger charge is 2.25. The fourth-order valence-electron chi connectivity index (χ4n) is 4.09. The molecule has 0 bridgehead atoms. The normalized spacial score (nSPS) is 14.2. The zero-order valence-corrected chi connectivity index (χ0v) is 19.0. The number of carbonyl (C=O) groups excluding carboxylic acids is 1. The first-order valence-electron chi connectivity index (χ1n) is 10.8. The van der Waals surface area contributed by atoms with Crippen LogP contribution in [0.25, 0.3) is 11.8 Å². The van der Waals surface area contributed by atoms with E-state index in [2.05, 4.69) is 20.6 Å². The van der Waals surface area contributed by atoms with Gasteiger partial charge in [0.05, 0.1) is 7.11 Å². The molecule has 8 heteroatoms. The summed E-state index contributed by atoms with van der Waals surface area (Å²) in [5.74, 6) is 1.20. The summed E-state index contributed by atoms with van der Waals surface area (Å²) in [6.45, 7) is 6.28. The number of aromatic nitrogens is 3. The Bertz CT molecular complexity index is 1200. The highest BCUT2D eigenvalue weighted by molar-refractivity contribution is 6.02. The number of amides is 1. The first-order valence-corrected chi connectivity index (χ1v) is 10.8. The minimum absolute atomic E-state index is 0.134. The number of piperazine rings is 1. The van der Waals surface area contributed by atoms with Crippen molar-refractivity contribution in [1.29, 1.82) is 5.26 Å². The predicted molar refractivity (Wildman–Crippen MR) is 126 cm³/mol. The molecule has 0 unspecified atom stereocenters. The van der Waals surface area contributed by atoms with Crippen molar-refractivity contribution in [2.45, 2.75) is 13.8 Å². The maximum absolute atomic E-state index is 13.1. The Morgan fingerprint density at radius 1 is 1.09 bits per heavy atom. The quantitative estimate of drug-likeness (QED) is 0.446. The average molecular weight is 443 g/mol. The fourth-order valence-corrected chi connectivity index (χ4v) is 4.09. The van der Waals surface area contributed by atoms with E-state index in [4.69, 9.17) is 4.74 Å². The van der Waals surface area contributed by atoms with Crippen molar-refractivity contribution >= 4 is 17.9 Å². The van der Waals surface area contributed by atoms with E-state index in [0.29, 0.717) is 32.1 Å². The largest absolute Gasteiger partial charge is 0.497 e. The van der Waals surface area contributed by atoms with Gasteiger partial charge in [-0.05, 0) is 61.9 Å². The number of hydrogen-bond acceptors (Lipinski definition) is 6. The Balaban J connectivity index is 1.52. The van der Waals surface area contributed by atoms with Crippen molar-refractivity contribution in [2.24, 2.45) is 0 Å². The molecule has 0 aliphatic carbocycles. The van der Waals surface area contributed by atoms with Crippen LogP contribution in [0.5, 0.6) is 5.75 Å². The summed E-state index contributed by atoms with van der Waals surface area (Å²) in [4.78, 5) is 25.4. The lowest BCUT2D eigenvalue weighted by molar-refractivity contribution is -0.126. The third kappa shape index (κ3) is 4.58. The Morgan fingerprint density at radius 3 is 2.36 bits per heavy atom. The molecule has 1 amide bonds. The van der Waals surface area contributed by atoms with Crippen LogP contribution in [0.3, 0.4) is 0 Å². The van der Waals surface area contributed by atoms with Crippen LogP contribution in [-0.4, -0.2) is 58.6 Å². The summed E-state index contributed by atoms with van der Waals surface area (Å²) in [5, 5.41) is 9.74. The van der Waals surface area contributed by atoms with Gasteiger partial charge in [0.2, 0.25) is 5.95 Å². The molecule has 0 saturated carbocycles. The van der Waals surface area contributed by atoms with Crippen LogP contribution in [0.2, 0.25) is 0 Å². The first-order chi connectivity index (χ1) is 16.0. The summed E-state index contributed by atoms with van der Waals surface area (Å²) in [6, 6.07) is 13.7. The molecule has 2 aromatic heterocycles. The summed E-state index contributed by atoms with van der Waals surface area (Å²) in [5.41, 5.74) is 3.96. The number of ether oxygens (including phenoxy) is 1. The lowest BCUT2D eigenvalue weighted by Crippen LogP contribution is -2.49. The van der Waals surface area contributed by atoms with Crippen molar-refractivity contribution in [3.63, 3.8) is 0 Å². The molecule has 3 aromatic rings. The molecule has 168 valence electrons. The SMILES string of the molecule is COc1ccc(-n2c(C)cc(C=C(C#N)C(=O)N3CCN(c4ncccn4)CC3)c2C)cc1. The van der Waals surface area contributed by atoms with Crippen molar-refractivity contribution in [3.05, 3.63) is 71.3 Å². The lowest BCUT2D eigenvalue weighted by Gasteiger charge is -2.34. The monoisotopic (exact) mass is 442 g/mol. The van der Waals surface area contributed by atoms with Gasteiger partial charge in [-0.15, -0.1) is 0 Å². The molecule has 0 radical (unpaired) electrons. The van der Waals surface area contributed by atoms with E-state index in [1.165, 1.54) is 0 Å². The van der Waals surface area contributed by atoms with Crippen LogP contribution in [0.15, 0.2) is 54.4 Å². The lowest BCUT2D eigenvalue weighted by atomic mass is 10.1. The number of methoxy groups -OCH3 is 1. The zero-order chi connectivity index (χ0) is 23.4. The molecule has 1 aliphatic heterocycles. The second kappa shape index (κ2) is 9.57. The van der Waals surface area contributed by atoms with Crippen LogP contribution in [-0.2, 0) is 4.79 Å². The molecule has 0 atom stereocenters. The number of nitrogens with zero attached hydrogens (tertiary/aromatic N) is 6. The Kier molecular flexibility index (Phi) is 6.41. The van der Waals surface area contributed by atoms with Gasteiger partial charge in [-0.2, -0.15) is 5.26 Å². The summed E-state index contributed by atoms with van der Waals surface area (Å²) in [7, 11) is 1.64. The number of carbonyl (C=O) groups is 1. The molecule has 8 nitrogen and oxygen atoms in total. The minimum atomic E-state index is -0.250. The molecule has 1 saturated heterocycles. The second-order valence-corrected chi connectivity index (χ2v) is 7.86. The minimum Gasteiger partial charge on any atom is -0.497 e. The molecule has 1 aromatic carbocycles. The van der Waals surface area contributed by atoms with Crippen LogP contribution < -0.4 is 9.64 Å². The Hall–Kier alpha value is -4.12. The maximum Gasteiger partial charge on any atom is 0.264 e. The Labute approximate surface area is 193 Å². The molecular weight excluding hydrogens is 416 g/mol. The van der Waals surface area contributed by atoms with E-state index in [9.17, 15) is 10.1 Å². The molecule has 4 rings (SSSR count). The molecule has 1 aliphatic rings. The molecular formula is C25H26N6O2. The van der Waals surface area contributed by atoms with Crippen molar-refractivity contribution < 1.29 is 9.53 Å². The molecule has 0 spiro atoms. The number of anilines is 1. The van der Waals surface area contributed by atoms with E-state index in [1.54, 1.807) is 36.5 Å². The van der Waals surface area contributed by atoms with Gasteiger partial charge in [-0.1, -0.05) is 0 Å². The van der Waals surface area contributed by atoms with Gasteiger partial charge in [0.15, 0.2) is 0 Å². The van der Waals surface area contributed by atoms with Crippen LogP contribution in [0.4, 0.5) is 5.95 Å². The number of aryl methyl sites for hydroxylation is 1. The third-order valence-electron chi connectivity index (χ3n) is 5.85. The fraction of sp³-hybridized carbons (Fsp3) is 0.280. The third-order valence-corrected chi connectivity index (χ3v) is 5.85. The van der Waals surface area contributed by atoms with E-state index >= 15 is 0 Å². The maximum atomic E-state index is 13.1. The van der Waals surface area contributed by atoms with E-state index in [1.807, 2.05) is 49.1 Å². The molecule has 33 heavy (non-hydrogen) atoms. The van der Waals surface area contributed by atoms with Crippen molar-refractivity contribution in [1.82, 2.24) is 19.4 Å². The van der Waals surface area contributed by atoms with Crippen LogP contribution >= 0.6 is 0 Å². The first kappa shape index (κ1) is 22.1. The van der Waals surface area contributed by atoms with E-state index in [0.717, 1.165) is 28.4 Å². The van der Waals surface area contributed by atoms with Gasteiger partial charge in [-0.25, -0.2) is 9.97 Å². The highest BCUT2D eigenvalue weighted by Crippen LogP contribution is 2.25. The highest BCUT2D eigenvalue weighted by atomic mass is 16.5. The standard InChI is InChI=1S/C25H26N6O2/c1-18-15-20(19(2)31(18)22-5-7-23(33-3)8-6-22)16-21(17-26)24(32)29-11-13-30(14-12-29)25-27-9-4-10-28-25/h4-10,15-16H,11-14H2,1-3H3. The van der Waals surface area contributed by atoms with Crippen molar-refractivity contribution in [2.75, 3.05) is 38.2 Å². The van der Waals surface area contributed by atoms with Crippen LogP contribution in [0.1, 0.15) is 17.0 Å². The predicted octanol–water partition coefficient (Wildman–Crippen LogP) is 3.15. The van der Waals surface area contributed by atoms with Gasteiger partial charge < -0.3 is 19.1 Å². The molecule has 0 N–H and O–H groups in total. The van der Waals surface area contributed by atoms with E-state index < -0.39 is 0 Å². The zero-order valence-electron chi connectivity index (χ0n) is 19.0. The summed E-state index contributed by atoms with van der Waals surface area (Å²) in [6.07, 6.45) is 5.11. The molecule has 3 heterocycles. The van der Waals surface area contributed by atoms with Crippen LogP contribution in [0, 0.1) is 25.2 Å². The Morgan fingerprint density at radius 2 is 1.76 bits per heavy atom. The summed E-state index contributed by atoms with van der Waals surface area (Å²) < 4.78 is 7.35. The van der Waals surface area contributed by atoms with Gasteiger partial charge in [0.25, 0.3) is 5.91 Å². The second-order valence-electron chi connectivity index (χ2n) is 7.86. The van der Waals surface area contributed by atoms with Gasteiger partial charge in [0, 0.05) is 55.6 Å². The number of benzene rings is 1. The van der Waals surface area contributed by atoms with Gasteiger partial charge in [-0.3, -0.25) is 4.79 Å². The average Bonchev–Trinajstić information content (AvgIpc) is 3.15. The topological polar surface area (TPSA) is 87.3 Å². The van der Waals surface area contributed by atoms with Gasteiger partial charge >= 0.3 is 0 Å². The number of rotatable bonds is 5. The number of hydrogen-bond donors (Lipinski definition) is 0. The number of nitriles is 1. The molecule has 1 fully saturated rings. The van der Waals surface area contributed by atoms with Gasteiger partial charge in [0.1, 0.15) is 17.4 Å². The van der Waals surface area contributed by atoms with E-state index in [-0.39, 0.29) is 11.5 Å².